The second-order valence-corrected chi connectivity index (χ2v) is 5.32. The summed E-state index contributed by atoms with van der Waals surface area (Å²) >= 11 is 5.69. The van der Waals surface area contributed by atoms with Gasteiger partial charge in [0.1, 0.15) is 5.76 Å². The van der Waals surface area contributed by atoms with Crippen LogP contribution in [0, 0.1) is 3.77 Å². The fourth-order valence-electron chi connectivity index (χ4n) is 1.41. The van der Waals surface area contributed by atoms with Gasteiger partial charge in [-0.15, -0.1) is 0 Å². The number of hydrogen-bond acceptors (Lipinski definition) is 2. The Morgan fingerprint density at radius 1 is 1.12 bits per heavy atom. The van der Waals surface area contributed by atoms with Gasteiger partial charge >= 0.3 is 0 Å². The van der Waals surface area contributed by atoms with E-state index in [9.17, 15) is 0 Å². The molecule has 2 nitrogen and oxygen atoms in total. The van der Waals surface area contributed by atoms with Gasteiger partial charge in [-0.05, 0) is 46.4 Å². The molecule has 0 amide bonds. The molecule has 1 aromatic heterocycles. The van der Waals surface area contributed by atoms with Crippen molar-refractivity contribution in [3.63, 3.8) is 0 Å². The summed E-state index contributed by atoms with van der Waals surface area (Å²) in [4.78, 5) is 0. The third kappa shape index (κ3) is 3.33. The summed E-state index contributed by atoms with van der Waals surface area (Å²) in [6, 6.07) is 12.2. The highest BCUT2D eigenvalue weighted by Gasteiger charge is 2.00. The molecule has 84 valence electrons. The van der Waals surface area contributed by atoms with Gasteiger partial charge < -0.3 is 9.73 Å². The molecule has 0 aliphatic rings. The number of benzene rings is 1. The maximum absolute atomic E-state index is 5.46. The molecule has 0 saturated heterocycles. The van der Waals surface area contributed by atoms with Crippen LogP contribution in [-0.2, 0) is 13.1 Å². The Bertz CT molecular complexity index is 470. The van der Waals surface area contributed by atoms with Crippen molar-refractivity contribution in [3.05, 3.63) is 56.0 Å². The molecule has 0 spiro atoms. The van der Waals surface area contributed by atoms with Crippen LogP contribution in [0.3, 0.4) is 0 Å². The van der Waals surface area contributed by atoms with Crippen LogP contribution in [0.25, 0.3) is 0 Å². The van der Waals surface area contributed by atoms with Crippen LogP contribution in [0.1, 0.15) is 11.3 Å². The normalized spacial score (nSPS) is 10.6. The topological polar surface area (TPSA) is 25.2 Å². The largest absolute Gasteiger partial charge is 0.454 e. The zero-order valence-corrected chi connectivity index (χ0v) is 12.3. The van der Waals surface area contributed by atoms with Gasteiger partial charge in [0.15, 0.2) is 3.77 Å². The minimum absolute atomic E-state index is 0.754. The van der Waals surface area contributed by atoms with E-state index < -0.39 is 0 Å². The summed E-state index contributed by atoms with van der Waals surface area (Å²) in [5, 5.41) is 3.35. The highest BCUT2D eigenvalue weighted by molar-refractivity contribution is 14.1. The van der Waals surface area contributed by atoms with Crippen LogP contribution in [0.2, 0.25) is 0 Å². The van der Waals surface area contributed by atoms with Gasteiger partial charge in [-0.1, -0.05) is 34.1 Å². The van der Waals surface area contributed by atoms with Crippen molar-refractivity contribution in [2.45, 2.75) is 13.1 Å². The maximum atomic E-state index is 5.46. The van der Waals surface area contributed by atoms with Crippen LogP contribution in [0.4, 0.5) is 0 Å². The van der Waals surface area contributed by atoms with Gasteiger partial charge in [0.2, 0.25) is 0 Å². The van der Waals surface area contributed by atoms with Crippen molar-refractivity contribution in [1.29, 1.82) is 0 Å². The Kier molecular flexibility index (Phi) is 4.43. The zero-order valence-electron chi connectivity index (χ0n) is 8.54. The van der Waals surface area contributed by atoms with E-state index in [2.05, 4.69) is 49.9 Å². The van der Waals surface area contributed by atoms with Crippen molar-refractivity contribution < 1.29 is 4.42 Å². The smallest absolute Gasteiger partial charge is 0.164 e. The van der Waals surface area contributed by atoms with Crippen LogP contribution in [-0.4, -0.2) is 0 Å². The second-order valence-electron chi connectivity index (χ2n) is 3.40. The van der Waals surface area contributed by atoms with Crippen molar-refractivity contribution in [3.8, 4) is 0 Å². The summed E-state index contributed by atoms with van der Waals surface area (Å²) in [6.07, 6.45) is 0. The lowest BCUT2D eigenvalue weighted by Crippen LogP contribution is -2.12. The van der Waals surface area contributed by atoms with E-state index in [1.807, 2.05) is 30.3 Å². The molecule has 0 aliphatic heterocycles. The first-order chi connectivity index (χ1) is 7.75. The molecule has 1 heterocycles. The molecule has 0 saturated carbocycles. The van der Waals surface area contributed by atoms with Gasteiger partial charge in [-0.25, -0.2) is 0 Å². The quantitative estimate of drug-likeness (QED) is 0.798. The first-order valence-corrected chi connectivity index (χ1v) is 6.81. The van der Waals surface area contributed by atoms with E-state index in [1.54, 1.807) is 0 Å². The number of rotatable bonds is 4. The van der Waals surface area contributed by atoms with Crippen LogP contribution >= 0.6 is 38.5 Å². The highest BCUT2D eigenvalue weighted by atomic mass is 127. The predicted octanol–water partition coefficient (Wildman–Crippen LogP) is 3.94. The van der Waals surface area contributed by atoms with E-state index in [0.29, 0.717) is 0 Å². The van der Waals surface area contributed by atoms with Gasteiger partial charge in [-0.3, -0.25) is 0 Å². The first kappa shape index (κ1) is 12.1. The molecule has 0 fully saturated rings. The molecule has 0 aliphatic carbocycles. The highest BCUT2D eigenvalue weighted by Crippen LogP contribution is 2.15. The van der Waals surface area contributed by atoms with Crippen LogP contribution in [0.5, 0.6) is 0 Å². The van der Waals surface area contributed by atoms with Crippen molar-refractivity contribution in [1.82, 2.24) is 5.32 Å². The van der Waals surface area contributed by atoms with Gasteiger partial charge in [0, 0.05) is 11.0 Å². The Morgan fingerprint density at radius 3 is 2.62 bits per heavy atom. The van der Waals surface area contributed by atoms with Gasteiger partial charge in [-0.2, -0.15) is 0 Å². The molecule has 1 aromatic carbocycles. The molecular weight excluding hydrogens is 381 g/mol. The molecule has 16 heavy (non-hydrogen) atoms. The van der Waals surface area contributed by atoms with Crippen LogP contribution in [0.15, 0.2) is 45.3 Å². The first-order valence-electron chi connectivity index (χ1n) is 4.94. The standard InChI is InChI=1S/C12H11BrINO/c13-11-4-2-1-3-9(11)7-15-8-10-5-6-12(14)16-10/h1-6,15H,7-8H2. The van der Waals surface area contributed by atoms with E-state index in [4.69, 9.17) is 4.42 Å². The van der Waals surface area contributed by atoms with E-state index in [1.165, 1.54) is 5.56 Å². The zero-order chi connectivity index (χ0) is 11.4. The minimum Gasteiger partial charge on any atom is -0.454 e. The van der Waals surface area contributed by atoms with Crippen LogP contribution < -0.4 is 5.32 Å². The average molecular weight is 392 g/mol. The lowest BCUT2D eigenvalue weighted by Gasteiger charge is -2.04. The number of hydrogen-bond donors (Lipinski definition) is 1. The molecule has 2 rings (SSSR count). The lowest BCUT2D eigenvalue weighted by atomic mass is 10.2. The van der Waals surface area contributed by atoms with Gasteiger partial charge in [0.25, 0.3) is 0 Å². The van der Waals surface area contributed by atoms with E-state index >= 15 is 0 Å². The Hall–Kier alpha value is -0.330. The molecule has 1 N–H and O–H groups in total. The molecule has 4 heteroatoms. The summed E-state index contributed by atoms with van der Waals surface area (Å²) in [5.74, 6) is 0.969. The number of nitrogens with one attached hydrogen (secondary N) is 1. The molecule has 0 atom stereocenters. The molecule has 0 unspecified atom stereocenters. The van der Waals surface area contributed by atoms with E-state index in [-0.39, 0.29) is 0 Å². The molecule has 2 aromatic rings. The number of furan rings is 1. The summed E-state index contributed by atoms with van der Waals surface area (Å²) in [5.41, 5.74) is 1.25. The lowest BCUT2D eigenvalue weighted by molar-refractivity contribution is 0.463. The third-order valence-electron chi connectivity index (χ3n) is 2.20. The molecule has 0 radical (unpaired) electrons. The van der Waals surface area contributed by atoms with E-state index in [0.717, 1.165) is 27.1 Å². The monoisotopic (exact) mass is 391 g/mol. The summed E-state index contributed by atoms with van der Waals surface area (Å²) in [7, 11) is 0. The van der Waals surface area contributed by atoms with Crippen molar-refractivity contribution in [2.24, 2.45) is 0 Å². The van der Waals surface area contributed by atoms with Crippen molar-refractivity contribution in [2.75, 3.05) is 0 Å². The Morgan fingerprint density at radius 2 is 1.94 bits per heavy atom. The Balaban J connectivity index is 1.87. The Labute approximate surface area is 117 Å². The minimum atomic E-state index is 0.754. The summed E-state index contributed by atoms with van der Waals surface area (Å²) in [6.45, 7) is 1.59. The summed E-state index contributed by atoms with van der Waals surface area (Å²) < 4.78 is 7.53. The van der Waals surface area contributed by atoms with Gasteiger partial charge in [0.05, 0.1) is 6.54 Å². The SMILES string of the molecule is Brc1ccccc1CNCc1ccc(I)o1. The van der Waals surface area contributed by atoms with Crippen molar-refractivity contribution >= 4 is 38.5 Å². The molecule has 0 bridgehead atoms. The average Bonchev–Trinajstić information content (AvgIpc) is 2.67. The molecular formula is C12H11BrINO. The second kappa shape index (κ2) is 5.84. The predicted molar refractivity (Wildman–Crippen MR) is 76.1 cm³/mol. The maximum Gasteiger partial charge on any atom is 0.164 e. The third-order valence-corrected chi connectivity index (χ3v) is 3.55. The fraction of sp³-hybridized carbons (Fsp3) is 0.167. The fourth-order valence-corrected chi connectivity index (χ4v) is 2.30. The number of halogens is 2.